The van der Waals surface area contributed by atoms with Crippen LogP contribution in [0.2, 0.25) is 0 Å². The monoisotopic (exact) mass is 421 g/mol. The fourth-order valence-corrected chi connectivity index (χ4v) is 4.50. The first-order valence-corrected chi connectivity index (χ1v) is 10.6. The number of hydrogen-bond donors (Lipinski definition) is 2. The molecule has 30 heavy (non-hydrogen) atoms. The second-order valence-electron chi connectivity index (χ2n) is 7.00. The highest BCUT2D eigenvalue weighted by atomic mass is 32.1. The summed E-state index contributed by atoms with van der Waals surface area (Å²) in [5, 5.41) is 7.46. The summed E-state index contributed by atoms with van der Waals surface area (Å²) in [4.78, 5) is 28.2. The van der Waals surface area contributed by atoms with Crippen molar-refractivity contribution in [3.8, 4) is 5.75 Å². The third kappa shape index (κ3) is 4.31. The van der Waals surface area contributed by atoms with Crippen molar-refractivity contribution in [1.82, 2.24) is 5.32 Å². The minimum atomic E-state index is -0.688. The van der Waals surface area contributed by atoms with Crippen LogP contribution >= 0.6 is 11.3 Å². The van der Waals surface area contributed by atoms with Crippen LogP contribution in [0.4, 0.5) is 11.4 Å². The molecule has 1 atom stereocenters. The van der Waals surface area contributed by atoms with Crippen molar-refractivity contribution >= 4 is 34.5 Å². The highest BCUT2D eigenvalue weighted by molar-refractivity contribution is 7.10. The van der Waals surface area contributed by atoms with Gasteiger partial charge in [0.15, 0.2) is 0 Å². The summed E-state index contributed by atoms with van der Waals surface area (Å²) in [6.07, 6.45) is 0.976. The van der Waals surface area contributed by atoms with E-state index in [1.54, 1.807) is 42.7 Å². The first kappa shape index (κ1) is 20.0. The van der Waals surface area contributed by atoms with Crippen molar-refractivity contribution in [2.75, 3.05) is 30.4 Å². The quantitative estimate of drug-likeness (QED) is 0.597. The average Bonchev–Trinajstić information content (AvgIpc) is 3.45. The molecule has 0 bridgehead atoms. The van der Waals surface area contributed by atoms with Gasteiger partial charge >= 0.3 is 11.8 Å². The van der Waals surface area contributed by atoms with Crippen LogP contribution in [0.3, 0.4) is 0 Å². The number of methoxy groups -OCH3 is 1. The summed E-state index contributed by atoms with van der Waals surface area (Å²) in [6, 6.07) is 19.2. The number of nitrogens with zero attached hydrogens (tertiary/aromatic N) is 1. The van der Waals surface area contributed by atoms with E-state index in [0.717, 1.165) is 17.8 Å². The largest absolute Gasteiger partial charge is 0.497 e. The zero-order valence-electron chi connectivity index (χ0n) is 16.6. The summed E-state index contributed by atoms with van der Waals surface area (Å²) >= 11 is 1.65. The van der Waals surface area contributed by atoms with Gasteiger partial charge in [-0.1, -0.05) is 24.3 Å². The molecule has 1 aliphatic rings. The second kappa shape index (κ2) is 9.00. The Morgan fingerprint density at radius 3 is 2.60 bits per heavy atom. The highest BCUT2D eigenvalue weighted by Crippen LogP contribution is 2.36. The van der Waals surface area contributed by atoms with E-state index >= 15 is 0 Å². The molecule has 0 radical (unpaired) electrons. The minimum absolute atomic E-state index is 0.0219. The zero-order chi connectivity index (χ0) is 20.9. The molecule has 2 N–H and O–H groups in total. The minimum Gasteiger partial charge on any atom is -0.497 e. The first-order chi connectivity index (χ1) is 14.7. The number of carbonyl (C=O) groups is 2. The molecule has 0 fully saturated rings. The SMILES string of the molecule is COc1ccc(NC(=O)C(=O)NC[C@@H](c2cccs2)N2CCc3ccccc32)cc1. The van der Waals surface area contributed by atoms with Crippen LogP contribution in [0, 0.1) is 0 Å². The van der Waals surface area contributed by atoms with Crippen LogP contribution in [0.1, 0.15) is 16.5 Å². The molecule has 0 saturated heterocycles. The Bertz CT molecular complexity index is 1020. The third-order valence-electron chi connectivity index (χ3n) is 5.18. The van der Waals surface area contributed by atoms with Crippen LogP contribution in [0.25, 0.3) is 0 Å². The third-order valence-corrected chi connectivity index (χ3v) is 6.15. The summed E-state index contributed by atoms with van der Waals surface area (Å²) in [5.41, 5.74) is 3.04. The predicted molar refractivity (Wildman–Crippen MR) is 119 cm³/mol. The van der Waals surface area contributed by atoms with Gasteiger partial charge in [0.25, 0.3) is 0 Å². The number of fused-ring (bicyclic) bond motifs is 1. The summed E-state index contributed by atoms with van der Waals surface area (Å²) in [6.45, 7) is 1.24. The van der Waals surface area contributed by atoms with Gasteiger partial charge in [-0.15, -0.1) is 11.3 Å². The Morgan fingerprint density at radius 1 is 1.07 bits per heavy atom. The Morgan fingerprint density at radius 2 is 1.87 bits per heavy atom. The van der Waals surface area contributed by atoms with E-state index in [1.165, 1.54) is 11.3 Å². The Labute approximate surface area is 179 Å². The van der Waals surface area contributed by atoms with Crippen molar-refractivity contribution in [2.45, 2.75) is 12.5 Å². The van der Waals surface area contributed by atoms with Gasteiger partial charge in [-0.3, -0.25) is 9.59 Å². The van der Waals surface area contributed by atoms with Crippen LogP contribution in [-0.2, 0) is 16.0 Å². The molecule has 1 aliphatic heterocycles. The van der Waals surface area contributed by atoms with Gasteiger partial charge in [-0.2, -0.15) is 0 Å². The lowest BCUT2D eigenvalue weighted by atomic mass is 10.1. The summed E-state index contributed by atoms with van der Waals surface area (Å²) in [7, 11) is 1.57. The number of amides is 2. The van der Waals surface area contributed by atoms with Crippen LogP contribution in [0.5, 0.6) is 5.75 Å². The molecule has 7 heteroatoms. The molecule has 2 amide bonds. The van der Waals surface area contributed by atoms with Gasteiger partial charge < -0.3 is 20.3 Å². The Balaban J connectivity index is 1.42. The number of anilines is 2. The smallest absolute Gasteiger partial charge is 0.313 e. The number of rotatable bonds is 6. The molecule has 0 spiro atoms. The van der Waals surface area contributed by atoms with E-state index in [1.807, 2.05) is 23.6 Å². The molecule has 3 aromatic rings. The van der Waals surface area contributed by atoms with Crippen LogP contribution < -0.4 is 20.3 Å². The number of para-hydroxylation sites is 1. The average molecular weight is 422 g/mol. The number of benzene rings is 2. The van der Waals surface area contributed by atoms with Gasteiger partial charge in [0.1, 0.15) is 5.75 Å². The van der Waals surface area contributed by atoms with Crippen LogP contribution in [0.15, 0.2) is 66.0 Å². The number of hydrogen-bond acceptors (Lipinski definition) is 5. The highest BCUT2D eigenvalue weighted by Gasteiger charge is 2.28. The molecule has 2 heterocycles. The van der Waals surface area contributed by atoms with E-state index in [9.17, 15) is 9.59 Å². The molecule has 0 aliphatic carbocycles. The van der Waals surface area contributed by atoms with E-state index in [2.05, 4.69) is 33.7 Å². The first-order valence-electron chi connectivity index (χ1n) is 9.77. The molecular weight excluding hydrogens is 398 g/mol. The maximum atomic E-state index is 12.4. The number of ether oxygens (including phenoxy) is 1. The fraction of sp³-hybridized carbons (Fsp3) is 0.217. The zero-order valence-corrected chi connectivity index (χ0v) is 17.4. The molecule has 6 nitrogen and oxygen atoms in total. The predicted octanol–water partition coefficient (Wildman–Crippen LogP) is 3.62. The molecule has 0 unspecified atom stereocenters. The van der Waals surface area contributed by atoms with Crippen molar-refractivity contribution in [2.24, 2.45) is 0 Å². The van der Waals surface area contributed by atoms with Crippen LogP contribution in [-0.4, -0.2) is 32.0 Å². The molecule has 154 valence electrons. The van der Waals surface area contributed by atoms with Crippen molar-refractivity contribution in [3.05, 3.63) is 76.5 Å². The molecule has 2 aromatic carbocycles. The number of nitrogens with one attached hydrogen (secondary N) is 2. The normalized spacial score (nSPS) is 13.4. The van der Waals surface area contributed by atoms with E-state index in [0.29, 0.717) is 18.0 Å². The molecule has 0 saturated carbocycles. The number of carbonyl (C=O) groups excluding carboxylic acids is 2. The van der Waals surface area contributed by atoms with Crippen molar-refractivity contribution in [1.29, 1.82) is 0 Å². The molecule has 1 aromatic heterocycles. The number of thiophene rings is 1. The standard InChI is InChI=1S/C23H23N3O3S/c1-29-18-10-8-17(9-11-18)25-23(28)22(27)24-15-20(21-7-4-14-30-21)26-13-12-16-5-2-3-6-19(16)26/h2-11,14,20H,12-13,15H2,1H3,(H,24,27)(H,25,28)/t20-/m0/s1. The van der Waals surface area contributed by atoms with E-state index < -0.39 is 11.8 Å². The topological polar surface area (TPSA) is 70.7 Å². The van der Waals surface area contributed by atoms with Crippen molar-refractivity contribution in [3.63, 3.8) is 0 Å². The Hall–Kier alpha value is -3.32. The fourth-order valence-electron chi connectivity index (χ4n) is 3.66. The van der Waals surface area contributed by atoms with Gasteiger partial charge in [-0.25, -0.2) is 0 Å². The molecular formula is C23H23N3O3S. The lowest BCUT2D eigenvalue weighted by molar-refractivity contribution is -0.136. The van der Waals surface area contributed by atoms with Gasteiger partial charge in [0.05, 0.1) is 13.2 Å². The van der Waals surface area contributed by atoms with E-state index in [-0.39, 0.29) is 6.04 Å². The maximum Gasteiger partial charge on any atom is 0.313 e. The lowest BCUT2D eigenvalue weighted by Gasteiger charge is -2.30. The van der Waals surface area contributed by atoms with Gasteiger partial charge in [0.2, 0.25) is 0 Å². The van der Waals surface area contributed by atoms with Gasteiger partial charge in [0, 0.05) is 29.3 Å². The van der Waals surface area contributed by atoms with Crippen molar-refractivity contribution < 1.29 is 14.3 Å². The lowest BCUT2D eigenvalue weighted by Crippen LogP contribution is -2.41. The Kier molecular flexibility index (Phi) is 5.99. The van der Waals surface area contributed by atoms with Gasteiger partial charge in [-0.05, 0) is 53.8 Å². The second-order valence-corrected chi connectivity index (χ2v) is 7.98. The summed E-state index contributed by atoms with van der Waals surface area (Å²) in [5.74, 6) is -0.658. The molecule has 4 rings (SSSR count). The summed E-state index contributed by atoms with van der Waals surface area (Å²) < 4.78 is 5.10. The van der Waals surface area contributed by atoms with E-state index in [4.69, 9.17) is 4.74 Å². The maximum absolute atomic E-state index is 12.4.